The Morgan fingerprint density at radius 3 is 2.32 bits per heavy atom. The van der Waals surface area contributed by atoms with Crippen LogP contribution in [-0.2, 0) is 0 Å². The molecule has 3 nitrogen and oxygen atoms in total. The van der Waals surface area contributed by atoms with E-state index in [1.165, 1.54) is 6.07 Å². The number of benzene rings is 2. The van der Waals surface area contributed by atoms with Crippen LogP contribution < -0.4 is 9.47 Å². The first-order valence-corrected chi connectivity index (χ1v) is 6.14. The summed E-state index contributed by atoms with van der Waals surface area (Å²) in [5.74, 6) is -1.14. The first-order valence-electron chi connectivity index (χ1n) is 5.76. The Bertz CT molecular complexity index is 701. The monoisotopic (exact) mass is 334 g/mol. The van der Waals surface area contributed by atoms with E-state index in [0.717, 1.165) is 30.3 Å². The van der Waals surface area contributed by atoms with Crippen LogP contribution in [0.1, 0.15) is 10.4 Å². The molecule has 2 rings (SSSR count). The van der Waals surface area contributed by atoms with Crippen LogP contribution in [0, 0.1) is 5.82 Å². The van der Waals surface area contributed by atoms with E-state index >= 15 is 0 Å². The van der Waals surface area contributed by atoms with Crippen molar-refractivity contribution >= 4 is 17.9 Å². The Morgan fingerprint density at radius 2 is 1.73 bits per heavy atom. The lowest BCUT2D eigenvalue weighted by atomic mass is 10.2. The van der Waals surface area contributed by atoms with E-state index < -0.39 is 17.9 Å². The number of carbonyl (C=O) groups excluding carboxylic acids is 1. The van der Waals surface area contributed by atoms with Crippen molar-refractivity contribution in [2.75, 3.05) is 0 Å². The fraction of sp³-hybridized carbons (Fsp3) is 0.0714. The van der Waals surface area contributed by atoms with Crippen LogP contribution in [0.15, 0.2) is 36.4 Å². The minimum absolute atomic E-state index is 0.0435. The number of ether oxygens (including phenoxy) is 2. The van der Waals surface area contributed by atoms with E-state index in [1.807, 2.05) is 0 Å². The molecule has 0 aliphatic heterocycles. The lowest BCUT2D eigenvalue weighted by Gasteiger charge is -2.12. The molecule has 0 spiro atoms. The van der Waals surface area contributed by atoms with Crippen LogP contribution in [-0.4, -0.2) is 12.6 Å². The van der Waals surface area contributed by atoms with Crippen LogP contribution >= 0.6 is 11.6 Å². The largest absolute Gasteiger partial charge is 0.573 e. The van der Waals surface area contributed by atoms with Crippen molar-refractivity contribution in [2.24, 2.45) is 0 Å². The summed E-state index contributed by atoms with van der Waals surface area (Å²) in [4.78, 5) is 11.0. The summed E-state index contributed by atoms with van der Waals surface area (Å²) in [6.45, 7) is 0. The maximum Gasteiger partial charge on any atom is 0.573 e. The van der Waals surface area contributed by atoms with Crippen molar-refractivity contribution in [3.05, 3.63) is 52.8 Å². The van der Waals surface area contributed by atoms with E-state index in [2.05, 4.69) is 4.74 Å². The molecule has 0 saturated carbocycles. The SMILES string of the molecule is O=Cc1cc(OC(F)(F)F)ccc1Oc1ccc(F)cc1Cl. The Balaban J connectivity index is 2.29. The molecule has 0 fully saturated rings. The third kappa shape index (κ3) is 4.11. The van der Waals surface area contributed by atoms with E-state index in [4.69, 9.17) is 16.3 Å². The number of carbonyl (C=O) groups is 1. The first kappa shape index (κ1) is 16.1. The molecule has 0 amide bonds. The second-order valence-electron chi connectivity index (χ2n) is 4.04. The zero-order chi connectivity index (χ0) is 16.3. The van der Waals surface area contributed by atoms with Gasteiger partial charge in [-0.05, 0) is 36.4 Å². The summed E-state index contributed by atoms with van der Waals surface area (Å²) in [5.41, 5.74) is -0.179. The van der Waals surface area contributed by atoms with Gasteiger partial charge in [0, 0.05) is 0 Å². The molecule has 0 bridgehead atoms. The van der Waals surface area contributed by atoms with Gasteiger partial charge in [0.1, 0.15) is 23.1 Å². The van der Waals surface area contributed by atoms with Gasteiger partial charge >= 0.3 is 6.36 Å². The van der Waals surface area contributed by atoms with E-state index in [0.29, 0.717) is 6.29 Å². The van der Waals surface area contributed by atoms with Crippen molar-refractivity contribution in [3.8, 4) is 17.2 Å². The highest BCUT2D eigenvalue weighted by Crippen LogP contribution is 2.33. The Hall–Kier alpha value is -2.28. The molecule has 0 aliphatic rings. The number of halogens is 5. The Kier molecular flexibility index (Phi) is 4.56. The van der Waals surface area contributed by atoms with Gasteiger partial charge in [-0.25, -0.2) is 4.39 Å². The Labute approximate surface area is 127 Å². The van der Waals surface area contributed by atoms with E-state index in [9.17, 15) is 22.4 Å². The zero-order valence-electron chi connectivity index (χ0n) is 10.7. The second-order valence-corrected chi connectivity index (χ2v) is 4.45. The van der Waals surface area contributed by atoms with Gasteiger partial charge < -0.3 is 9.47 Å². The highest BCUT2D eigenvalue weighted by atomic mass is 35.5. The highest BCUT2D eigenvalue weighted by Gasteiger charge is 2.31. The zero-order valence-corrected chi connectivity index (χ0v) is 11.4. The fourth-order valence-corrected chi connectivity index (χ4v) is 1.79. The van der Waals surface area contributed by atoms with Gasteiger partial charge in [0.05, 0.1) is 10.6 Å². The lowest BCUT2D eigenvalue weighted by molar-refractivity contribution is -0.274. The molecule has 0 saturated heterocycles. The molecule has 2 aromatic rings. The summed E-state index contributed by atoms with van der Waals surface area (Å²) in [6, 6.07) is 6.28. The summed E-state index contributed by atoms with van der Waals surface area (Å²) in [5, 5.41) is -0.0486. The molecule has 0 heterocycles. The standard InChI is InChI=1S/C14H7ClF4O3/c15-11-6-9(16)1-3-13(11)21-12-4-2-10(5-8(12)7-20)22-14(17,18)19/h1-7H. The van der Waals surface area contributed by atoms with Gasteiger partial charge in [-0.2, -0.15) is 0 Å². The maximum absolute atomic E-state index is 12.9. The third-order valence-electron chi connectivity index (χ3n) is 2.46. The van der Waals surface area contributed by atoms with Crippen LogP contribution in [0.3, 0.4) is 0 Å². The van der Waals surface area contributed by atoms with E-state index in [1.54, 1.807) is 0 Å². The summed E-state index contributed by atoms with van der Waals surface area (Å²) in [7, 11) is 0. The molecule has 8 heteroatoms. The summed E-state index contributed by atoms with van der Waals surface area (Å²) < 4.78 is 58.3. The lowest BCUT2D eigenvalue weighted by Crippen LogP contribution is -2.17. The topological polar surface area (TPSA) is 35.5 Å². The minimum atomic E-state index is -4.87. The van der Waals surface area contributed by atoms with Gasteiger partial charge in [-0.1, -0.05) is 11.6 Å². The average Bonchev–Trinajstić information content (AvgIpc) is 2.41. The second kappa shape index (κ2) is 6.23. The number of hydrogen-bond acceptors (Lipinski definition) is 3. The molecule has 116 valence electrons. The normalized spacial score (nSPS) is 11.1. The molecule has 0 atom stereocenters. The predicted octanol–water partition coefficient (Wildman–Crippen LogP) is 4.98. The van der Waals surface area contributed by atoms with Crippen LogP contribution in [0.2, 0.25) is 5.02 Å². The number of aldehydes is 1. The van der Waals surface area contributed by atoms with Crippen LogP contribution in [0.5, 0.6) is 17.2 Å². The average molecular weight is 335 g/mol. The minimum Gasteiger partial charge on any atom is -0.455 e. The smallest absolute Gasteiger partial charge is 0.455 e. The fourth-order valence-electron chi connectivity index (χ4n) is 1.59. The molecule has 0 radical (unpaired) electrons. The van der Waals surface area contributed by atoms with Crippen LogP contribution in [0.4, 0.5) is 17.6 Å². The van der Waals surface area contributed by atoms with E-state index in [-0.39, 0.29) is 22.1 Å². The molecular weight excluding hydrogens is 328 g/mol. The molecule has 0 aliphatic carbocycles. The number of alkyl halides is 3. The van der Waals surface area contributed by atoms with Crippen molar-refractivity contribution in [3.63, 3.8) is 0 Å². The van der Waals surface area contributed by atoms with Crippen LogP contribution in [0.25, 0.3) is 0 Å². The number of hydrogen-bond donors (Lipinski definition) is 0. The molecule has 0 N–H and O–H groups in total. The van der Waals surface area contributed by atoms with Crippen molar-refractivity contribution < 1.29 is 31.8 Å². The van der Waals surface area contributed by atoms with Gasteiger partial charge in [0.25, 0.3) is 0 Å². The summed E-state index contributed by atoms with van der Waals surface area (Å²) in [6.07, 6.45) is -4.57. The molecular formula is C14H7ClF4O3. The predicted molar refractivity (Wildman–Crippen MR) is 70.0 cm³/mol. The first-order chi connectivity index (χ1) is 10.3. The maximum atomic E-state index is 12.9. The summed E-state index contributed by atoms with van der Waals surface area (Å²) >= 11 is 5.77. The van der Waals surface area contributed by atoms with Gasteiger partial charge in [-0.15, -0.1) is 13.2 Å². The van der Waals surface area contributed by atoms with Gasteiger partial charge in [0.2, 0.25) is 0 Å². The Morgan fingerprint density at radius 1 is 1.05 bits per heavy atom. The molecule has 2 aromatic carbocycles. The third-order valence-corrected chi connectivity index (χ3v) is 2.75. The molecule has 0 unspecified atom stereocenters. The van der Waals surface area contributed by atoms with Crippen molar-refractivity contribution in [1.82, 2.24) is 0 Å². The number of rotatable bonds is 4. The highest BCUT2D eigenvalue weighted by molar-refractivity contribution is 6.32. The molecule has 0 aromatic heterocycles. The van der Waals surface area contributed by atoms with Crippen molar-refractivity contribution in [2.45, 2.75) is 6.36 Å². The van der Waals surface area contributed by atoms with Gasteiger partial charge in [-0.3, -0.25) is 4.79 Å². The quantitative estimate of drug-likeness (QED) is 0.584. The molecule has 22 heavy (non-hydrogen) atoms. The van der Waals surface area contributed by atoms with Gasteiger partial charge in [0.15, 0.2) is 6.29 Å². The van der Waals surface area contributed by atoms with Crippen molar-refractivity contribution in [1.29, 1.82) is 0 Å².